The highest BCUT2D eigenvalue weighted by atomic mass is 19.3. The molecule has 1 aliphatic rings. The molecule has 1 heterocycles. The minimum absolute atomic E-state index is 0.0441. The number of anilines is 1. The topological polar surface area (TPSA) is 66.9 Å². The van der Waals surface area contributed by atoms with Gasteiger partial charge in [0, 0.05) is 42.7 Å². The molecule has 0 fully saturated rings. The van der Waals surface area contributed by atoms with Crippen LogP contribution in [0.2, 0.25) is 0 Å². The first-order valence-electron chi connectivity index (χ1n) is 11.6. The van der Waals surface area contributed by atoms with Gasteiger partial charge in [-0.2, -0.15) is 0 Å². The first-order valence-corrected chi connectivity index (χ1v) is 11.6. The second-order valence-electron chi connectivity index (χ2n) is 8.89. The molecule has 0 radical (unpaired) electrons. The van der Waals surface area contributed by atoms with Gasteiger partial charge in [0.2, 0.25) is 11.9 Å². The number of allylic oxidation sites excluding steroid dienone is 3. The predicted molar refractivity (Wildman–Crippen MR) is 134 cm³/mol. The van der Waals surface area contributed by atoms with E-state index in [1.54, 1.807) is 24.5 Å². The van der Waals surface area contributed by atoms with Crippen LogP contribution in [0.1, 0.15) is 37.0 Å². The molecule has 1 aromatic heterocycles. The van der Waals surface area contributed by atoms with Gasteiger partial charge in [-0.3, -0.25) is 4.79 Å². The lowest BCUT2D eigenvalue weighted by atomic mass is 10.0. The first-order chi connectivity index (χ1) is 16.8. The fourth-order valence-electron chi connectivity index (χ4n) is 3.67. The molecule has 180 valence electrons. The van der Waals surface area contributed by atoms with Crippen LogP contribution in [0.4, 0.5) is 14.7 Å². The molecule has 1 amide bonds. The Balaban J connectivity index is 1.28. The van der Waals surface area contributed by atoms with Gasteiger partial charge < -0.3 is 10.6 Å². The van der Waals surface area contributed by atoms with E-state index in [0.717, 1.165) is 41.3 Å². The Morgan fingerprint density at radius 2 is 1.66 bits per heavy atom. The van der Waals surface area contributed by atoms with Gasteiger partial charge in [0.05, 0.1) is 6.42 Å². The van der Waals surface area contributed by atoms with Gasteiger partial charge in [-0.1, -0.05) is 67.6 Å². The highest BCUT2D eigenvalue weighted by Gasteiger charge is 2.23. The van der Waals surface area contributed by atoms with E-state index in [2.05, 4.69) is 39.7 Å². The van der Waals surface area contributed by atoms with Crippen LogP contribution in [0.25, 0.3) is 11.1 Å². The highest BCUT2D eigenvalue weighted by molar-refractivity contribution is 5.78. The molecule has 0 bridgehead atoms. The Bertz CT molecular complexity index is 1210. The van der Waals surface area contributed by atoms with Crippen LogP contribution in [-0.2, 0) is 23.7 Å². The Morgan fingerprint density at radius 1 is 1.00 bits per heavy atom. The smallest absolute Gasteiger partial charge is 0.270 e. The highest BCUT2D eigenvalue weighted by Crippen LogP contribution is 2.26. The van der Waals surface area contributed by atoms with Gasteiger partial charge in [-0.25, -0.2) is 18.7 Å². The van der Waals surface area contributed by atoms with Crippen molar-refractivity contribution in [2.24, 2.45) is 5.92 Å². The maximum atomic E-state index is 13.3. The van der Waals surface area contributed by atoms with Crippen molar-refractivity contribution in [3.63, 3.8) is 0 Å². The minimum Gasteiger partial charge on any atom is -0.352 e. The molecule has 7 heteroatoms. The number of rotatable bonds is 8. The molecule has 1 atom stereocenters. The van der Waals surface area contributed by atoms with Gasteiger partial charge in [-0.05, 0) is 35.1 Å². The Morgan fingerprint density at radius 3 is 2.26 bits per heavy atom. The molecule has 35 heavy (non-hydrogen) atoms. The summed E-state index contributed by atoms with van der Waals surface area (Å²) in [4.78, 5) is 21.1. The van der Waals surface area contributed by atoms with Crippen LogP contribution in [-0.4, -0.2) is 15.9 Å². The number of halogens is 2. The number of benzene rings is 2. The summed E-state index contributed by atoms with van der Waals surface area (Å²) >= 11 is 0. The van der Waals surface area contributed by atoms with Crippen molar-refractivity contribution in [1.29, 1.82) is 0 Å². The summed E-state index contributed by atoms with van der Waals surface area (Å²) < 4.78 is 26.6. The summed E-state index contributed by atoms with van der Waals surface area (Å²) in [5.74, 6) is -1.91. The Hall–Kier alpha value is -3.87. The molecule has 3 aromatic rings. The monoisotopic (exact) mass is 474 g/mol. The molecule has 0 spiro atoms. The number of carbonyl (C=O) groups is 1. The van der Waals surface area contributed by atoms with E-state index >= 15 is 0 Å². The third-order valence-electron chi connectivity index (χ3n) is 5.82. The van der Waals surface area contributed by atoms with Crippen LogP contribution >= 0.6 is 0 Å². The zero-order chi connectivity index (χ0) is 24.8. The SMILES string of the molecule is CC1C=CC(Nc2ncc(-c3ccc(CC(=O)NCc4ccc(C(C)(F)F)cc4)cc3)cn2)=CC1. The quantitative estimate of drug-likeness (QED) is 0.420. The van der Waals surface area contributed by atoms with Gasteiger partial charge in [0.1, 0.15) is 0 Å². The Labute approximate surface area is 204 Å². The molecule has 0 saturated heterocycles. The van der Waals surface area contributed by atoms with Crippen molar-refractivity contribution in [2.45, 2.75) is 39.2 Å². The average Bonchev–Trinajstić information content (AvgIpc) is 2.85. The van der Waals surface area contributed by atoms with Crippen molar-refractivity contribution in [3.05, 3.63) is 102 Å². The average molecular weight is 475 g/mol. The summed E-state index contributed by atoms with van der Waals surface area (Å²) in [5, 5.41) is 6.05. The summed E-state index contributed by atoms with van der Waals surface area (Å²) in [6, 6.07) is 13.7. The summed E-state index contributed by atoms with van der Waals surface area (Å²) in [6.45, 7) is 3.32. The first kappa shape index (κ1) is 24.3. The minimum atomic E-state index is -2.87. The fourth-order valence-corrected chi connectivity index (χ4v) is 3.67. The predicted octanol–water partition coefficient (Wildman–Crippen LogP) is 6.01. The fraction of sp³-hybridized carbons (Fsp3) is 0.250. The molecule has 1 unspecified atom stereocenters. The van der Waals surface area contributed by atoms with E-state index in [9.17, 15) is 13.6 Å². The van der Waals surface area contributed by atoms with Crippen molar-refractivity contribution < 1.29 is 13.6 Å². The molecule has 2 aromatic carbocycles. The number of nitrogens with one attached hydrogen (secondary N) is 2. The van der Waals surface area contributed by atoms with Gasteiger partial charge in [0.15, 0.2) is 0 Å². The molecule has 0 aliphatic heterocycles. The van der Waals surface area contributed by atoms with Crippen LogP contribution < -0.4 is 10.6 Å². The van der Waals surface area contributed by atoms with E-state index in [0.29, 0.717) is 11.9 Å². The van der Waals surface area contributed by atoms with Crippen LogP contribution in [0.3, 0.4) is 0 Å². The van der Waals surface area contributed by atoms with E-state index < -0.39 is 5.92 Å². The van der Waals surface area contributed by atoms with E-state index in [-0.39, 0.29) is 24.4 Å². The normalized spacial score (nSPS) is 15.4. The molecule has 5 nitrogen and oxygen atoms in total. The van der Waals surface area contributed by atoms with Crippen LogP contribution in [0.15, 0.2) is 84.8 Å². The third kappa shape index (κ3) is 6.82. The molecule has 0 saturated carbocycles. The lowest BCUT2D eigenvalue weighted by molar-refractivity contribution is -0.120. The second kappa shape index (κ2) is 10.6. The number of carbonyl (C=O) groups excluding carboxylic acids is 1. The van der Waals surface area contributed by atoms with Crippen molar-refractivity contribution in [2.75, 3.05) is 5.32 Å². The molecule has 2 N–H and O–H groups in total. The number of aromatic nitrogens is 2. The zero-order valence-corrected chi connectivity index (χ0v) is 19.8. The number of hydrogen-bond acceptors (Lipinski definition) is 4. The van der Waals surface area contributed by atoms with Gasteiger partial charge in [-0.15, -0.1) is 0 Å². The zero-order valence-electron chi connectivity index (χ0n) is 19.8. The van der Waals surface area contributed by atoms with Crippen molar-refractivity contribution in [3.8, 4) is 11.1 Å². The largest absolute Gasteiger partial charge is 0.352 e. The molecule has 1 aliphatic carbocycles. The number of alkyl halides is 2. The molecular weight excluding hydrogens is 446 g/mol. The summed E-state index contributed by atoms with van der Waals surface area (Å²) in [5.41, 5.74) is 4.44. The van der Waals surface area contributed by atoms with Crippen molar-refractivity contribution >= 4 is 11.9 Å². The number of amides is 1. The summed E-state index contributed by atoms with van der Waals surface area (Å²) in [7, 11) is 0. The second-order valence-corrected chi connectivity index (χ2v) is 8.89. The Kier molecular flexibility index (Phi) is 7.34. The van der Waals surface area contributed by atoms with Crippen LogP contribution in [0.5, 0.6) is 0 Å². The van der Waals surface area contributed by atoms with Crippen LogP contribution in [0, 0.1) is 5.92 Å². The standard InChI is InChI=1S/C28H28F2N4O/c1-19-3-13-25(14-4-19)34-27-32-17-23(18-33-27)22-9-5-20(6-10-22)15-26(35)31-16-21-7-11-24(12-8-21)28(2,29)30/h3,5-14,17-19H,4,15-16H2,1-2H3,(H,31,35)(H,32,33,34). The molecular formula is C28H28F2N4O. The lowest BCUT2D eigenvalue weighted by Gasteiger charge is -2.13. The maximum Gasteiger partial charge on any atom is 0.270 e. The molecule has 4 rings (SSSR count). The number of nitrogens with zero attached hydrogens (tertiary/aromatic N) is 2. The van der Waals surface area contributed by atoms with Gasteiger partial charge in [0.25, 0.3) is 5.92 Å². The van der Waals surface area contributed by atoms with Gasteiger partial charge >= 0.3 is 0 Å². The maximum absolute atomic E-state index is 13.3. The van der Waals surface area contributed by atoms with Crippen molar-refractivity contribution in [1.82, 2.24) is 15.3 Å². The summed E-state index contributed by atoms with van der Waals surface area (Å²) in [6.07, 6.45) is 11.1. The third-order valence-corrected chi connectivity index (χ3v) is 5.82. The number of hydrogen-bond donors (Lipinski definition) is 2. The van der Waals surface area contributed by atoms with E-state index in [4.69, 9.17) is 0 Å². The van der Waals surface area contributed by atoms with E-state index in [1.165, 1.54) is 12.1 Å². The van der Waals surface area contributed by atoms with E-state index in [1.807, 2.05) is 30.3 Å². The lowest BCUT2D eigenvalue weighted by Crippen LogP contribution is -2.24.